The second kappa shape index (κ2) is 8.15. The number of carbonyl (C=O) groups excluding carboxylic acids is 1. The zero-order valence-corrected chi connectivity index (χ0v) is 16.7. The SMILES string of the molecule is Cc1cc(CNC(=O)c2cc(S(=O)(=O)N3CCOCC3)c(Cl)cc2Cl)no1. The smallest absolute Gasteiger partial charge is 0.253 e. The molecule has 1 amide bonds. The van der Waals surface area contributed by atoms with Gasteiger partial charge in [-0.3, -0.25) is 4.79 Å². The fourth-order valence-electron chi connectivity index (χ4n) is 2.59. The van der Waals surface area contributed by atoms with Crippen LogP contribution in [0.15, 0.2) is 27.6 Å². The number of rotatable bonds is 5. The van der Waals surface area contributed by atoms with Gasteiger partial charge in [-0.25, -0.2) is 8.42 Å². The van der Waals surface area contributed by atoms with Crippen LogP contribution < -0.4 is 5.32 Å². The number of sulfonamides is 1. The molecule has 146 valence electrons. The minimum Gasteiger partial charge on any atom is -0.379 e. The average molecular weight is 434 g/mol. The molecule has 1 aromatic heterocycles. The molecular formula is C16H17Cl2N3O5S. The van der Waals surface area contributed by atoms with Crippen molar-refractivity contribution in [1.29, 1.82) is 0 Å². The predicted octanol–water partition coefficient (Wildman–Crippen LogP) is 2.24. The Labute approximate surface area is 166 Å². The van der Waals surface area contributed by atoms with Gasteiger partial charge in [-0.15, -0.1) is 0 Å². The summed E-state index contributed by atoms with van der Waals surface area (Å²) in [6, 6.07) is 4.13. The van der Waals surface area contributed by atoms with Crippen LogP contribution in [0.3, 0.4) is 0 Å². The quantitative estimate of drug-likeness (QED) is 0.775. The highest BCUT2D eigenvalue weighted by Crippen LogP contribution is 2.31. The molecule has 0 radical (unpaired) electrons. The lowest BCUT2D eigenvalue weighted by Crippen LogP contribution is -2.40. The Morgan fingerprint density at radius 2 is 1.93 bits per heavy atom. The van der Waals surface area contributed by atoms with Gasteiger partial charge in [0.2, 0.25) is 10.0 Å². The number of amides is 1. The molecule has 0 spiro atoms. The van der Waals surface area contributed by atoms with Crippen molar-refractivity contribution in [2.45, 2.75) is 18.4 Å². The van der Waals surface area contributed by atoms with Gasteiger partial charge in [-0.2, -0.15) is 4.31 Å². The number of halogens is 2. The molecule has 3 rings (SSSR count). The maximum Gasteiger partial charge on any atom is 0.253 e. The molecule has 0 unspecified atom stereocenters. The molecule has 0 atom stereocenters. The van der Waals surface area contributed by atoms with E-state index in [9.17, 15) is 13.2 Å². The average Bonchev–Trinajstić information content (AvgIpc) is 3.05. The summed E-state index contributed by atoms with van der Waals surface area (Å²) < 4.78 is 37.1. The summed E-state index contributed by atoms with van der Waals surface area (Å²) in [4.78, 5) is 12.3. The molecule has 1 N–H and O–H groups in total. The highest BCUT2D eigenvalue weighted by molar-refractivity contribution is 7.89. The third-order valence-corrected chi connectivity index (χ3v) is 6.64. The van der Waals surface area contributed by atoms with E-state index in [1.165, 1.54) is 16.4 Å². The van der Waals surface area contributed by atoms with Crippen molar-refractivity contribution in [3.63, 3.8) is 0 Å². The van der Waals surface area contributed by atoms with Crippen LogP contribution in [0.25, 0.3) is 0 Å². The number of ether oxygens (including phenoxy) is 1. The fourth-order valence-corrected chi connectivity index (χ4v) is 4.84. The zero-order chi connectivity index (χ0) is 19.6. The molecule has 0 bridgehead atoms. The summed E-state index contributed by atoms with van der Waals surface area (Å²) in [5.74, 6) is 0.0680. The number of hydrogen-bond acceptors (Lipinski definition) is 6. The Balaban J connectivity index is 1.85. The fraction of sp³-hybridized carbons (Fsp3) is 0.375. The van der Waals surface area contributed by atoms with Crippen molar-refractivity contribution in [1.82, 2.24) is 14.8 Å². The lowest BCUT2D eigenvalue weighted by atomic mass is 10.2. The monoisotopic (exact) mass is 433 g/mol. The van der Waals surface area contributed by atoms with Gasteiger partial charge < -0.3 is 14.6 Å². The third-order valence-electron chi connectivity index (χ3n) is 3.96. The van der Waals surface area contributed by atoms with Crippen LogP contribution in [0.4, 0.5) is 0 Å². The molecule has 27 heavy (non-hydrogen) atoms. The van der Waals surface area contributed by atoms with Gasteiger partial charge in [-0.1, -0.05) is 28.4 Å². The first-order valence-corrected chi connectivity index (χ1v) is 10.3. The second-order valence-corrected chi connectivity index (χ2v) is 8.61. The van der Waals surface area contributed by atoms with Gasteiger partial charge in [0.15, 0.2) is 0 Å². The van der Waals surface area contributed by atoms with Crippen LogP contribution in [0, 0.1) is 6.92 Å². The third kappa shape index (κ3) is 4.44. The van der Waals surface area contributed by atoms with Crippen LogP contribution in [0.2, 0.25) is 10.0 Å². The van der Waals surface area contributed by atoms with Crippen LogP contribution >= 0.6 is 23.2 Å². The van der Waals surface area contributed by atoms with Crippen molar-refractivity contribution in [3.8, 4) is 0 Å². The Kier molecular flexibility index (Phi) is 6.07. The van der Waals surface area contributed by atoms with Crippen molar-refractivity contribution < 1.29 is 22.5 Å². The van der Waals surface area contributed by atoms with Crippen LogP contribution in [-0.4, -0.2) is 50.1 Å². The van der Waals surface area contributed by atoms with E-state index >= 15 is 0 Å². The molecule has 0 saturated carbocycles. The first-order chi connectivity index (χ1) is 12.8. The molecule has 1 aromatic carbocycles. The minimum absolute atomic E-state index is 0.00752. The van der Waals surface area contributed by atoms with E-state index in [0.29, 0.717) is 24.7 Å². The topological polar surface area (TPSA) is 102 Å². The Morgan fingerprint density at radius 1 is 1.22 bits per heavy atom. The van der Waals surface area contributed by atoms with Crippen molar-refractivity contribution in [2.75, 3.05) is 26.3 Å². The van der Waals surface area contributed by atoms with E-state index in [1.807, 2.05) is 0 Å². The maximum atomic E-state index is 12.9. The molecule has 1 fully saturated rings. The Hall–Kier alpha value is -1.65. The summed E-state index contributed by atoms with van der Waals surface area (Å²) >= 11 is 12.2. The Morgan fingerprint density at radius 3 is 2.56 bits per heavy atom. The van der Waals surface area contributed by atoms with E-state index in [0.717, 1.165) is 0 Å². The summed E-state index contributed by atoms with van der Waals surface area (Å²) in [6.45, 7) is 2.88. The van der Waals surface area contributed by atoms with Gasteiger partial charge >= 0.3 is 0 Å². The lowest BCUT2D eigenvalue weighted by molar-refractivity contribution is 0.0730. The van der Waals surface area contributed by atoms with E-state index in [1.54, 1.807) is 13.0 Å². The van der Waals surface area contributed by atoms with Gasteiger partial charge in [0.25, 0.3) is 5.91 Å². The molecule has 8 nitrogen and oxygen atoms in total. The molecule has 0 aliphatic carbocycles. The molecular weight excluding hydrogens is 417 g/mol. The first-order valence-electron chi connectivity index (χ1n) is 8.06. The molecule has 1 aliphatic rings. The van der Waals surface area contributed by atoms with E-state index < -0.39 is 15.9 Å². The summed E-state index contributed by atoms with van der Waals surface area (Å²) in [5, 5.41) is 6.41. The first kappa shape index (κ1) is 20.1. The lowest BCUT2D eigenvalue weighted by Gasteiger charge is -2.26. The summed E-state index contributed by atoms with van der Waals surface area (Å²) in [6.07, 6.45) is 0. The number of benzene rings is 1. The molecule has 2 heterocycles. The number of aromatic nitrogens is 1. The normalized spacial score (nSPS) is 15.7. The van der Waals surface area contributed by atoms with E-state index in [-0.39, 0.29) is 40.1 Å². The van der Waals surface area contributed by atoms with Gasteiger partial charge in [0.1, 0.15) is 16.3 Å². The zero-order valence-electron chi connectivity index (χ0n) is 14.4. The van der Waals surface area contributed by atoms with Crippen molar-refractivity contribution in [3.05, 3.63) is 45.3 Å². The van der Waals surface area contributed by atoms with Gasteiger partial charge in [0.05, 0.1) is 35.4 Å². The van der Waals surface area contributed by atoms with Gasteiger partial charge in [-0.05, 0) is 19.1 Å². The van der Waals surface area contributed by atoms with Crippen LogP contribution in [-0.2, 0) is 21.3 Å². The van der Waals surface area contributed by atoms with Crippen molar-refractivity contribution >= 4 is 39.1 Å². The minimum atomic E-state index is -3.87. The standard InChI is InChI=1S/C16H17Cl2N3O5S/c1-10-6-11(20-26-10)9-19-16(22)12-7-15(14(18)8-13(12)17)27(23,24)21-2-4-25-5-3-21/h6-8H,2-5,9H2,1H3,(H,19,22). The molecule has 11 heteroatoms. The number of nitrogens with one attached hydrogen (secondary N) is 1. The Bertz CT molecular complexity index is 955. The second-order valence-electron chi connectivity index (χ2n) is 5.89. The summed E-state index contributed by atoms with van der Waals surface area (Å²) in [5.41, 5.74) is 0.542. The summed E-state index contributed by atoms with van der Waals surface area (Å²) in [7, 11) is -3.87. The molecule has 1 saturated heterocycles. The number of morpholine rings is 1. The van der Waals surface area contributed by atoms with Gasteiger partial charge in [0, 0.05) is 19.2 Å². The van der Waals surface area contributed by atoms with Crippen LogP contribution in [0.1, 0.15) is 21.8 Å². The predicted molar refractivity (Wildman–Crippen MR) is 98.5 cm³/mol. The van der Waals surface area contributed by atoms with Crippen molar-refractivity contribution in [2.24, 2.45) is 0 Å². The van der Waals surface area contributed by atoms with Crippen LogP contribution in [0.5, 0.6) is 0 Å². The largest absolute Gasteiger partial charge is 0.379 e. The number of carbonyl (C=O) groups is 1. The number of aryl methyl sites for hydroxylation is 1. The number of hydrogen-bond donors (Lipinski definition) is 1. The van der Waals surface area contributed by atoms with E-state index in [4.69, 9.17) is 32.5 Å². The highest BCUT2D eigenvalue weighted by atomic mass is 35.5. The number of nitrogens with zero attached hydrogens (tertiary/aromatic N) is 2. The molecule has 2 aromatic rings. The highest BCUT2D eigenvalue weighted by Gasteiger charge is 2.30. The van der Waals surface area contributed by atoms with E-state index in [2.05, 4.69) is 10.5 Å². The molecule has 1 aliphatic heterocycles. The maximum absolute atomic E-state index is 12.9.